The van der Waals surface area contributed by atoms with Crippen molar-refractivity contribution >= 4 is 23.7 Å². The molecular weight excluding hydrogens is 366 g/mol. The molecule has 0 saturated heterocycles. The Morgan fingerprint density at radius 1 is 1.07 bits per heavy atom. The van der Waals surface area contributed by atoms with E-state index in [2.05, 4.69) is 25.4 Å². The molecule has 1 rings (SSSR count). The first-order valence-corrected chi connectivity index (χ1v) is 8.70. The third kappa shape index (κ3) is 8.41. The summed E-state index contributed by atoms with van der Waals surface area (Å²) in [7, 11) is 1.22. The number of rotatable bonds is 8. The van der Waals surface area contributed by atoms with Gasteiger partial charge in [0.1, 0.15) is 5.60 Å². The lowest BCUT2D eigenvalue weighted by Gasteiger charge is -2.19. The number of benzene rings is 1. The summed E-state index contributed by atoms with van der Waals surface area (Å²) in [5.74, 6) is -1.06. The predicted molar refractivity (Wildman–Crippen MR) is 102 cm³/mol. The van der Waals surface area contributed by atoms with E-state index in [1.165, 1.54) is 25.3 Å². The van der Waals surface area contributed by atoms with Crippen LogP contribution in [0.2, 0.25) is 0 Å². The largest absolute Gasteiger partial charge is 0.465 e. The Morgan fingerprint density at radius 2 is 1.68 bits per heavy atom. The fraction of sp³-hybridized carbons (Fsp3) is 0.500. The molecule has 1 aromatic carbocycles. The number of azide groups is 1. The van der Waals surface area contributed by atoms with E-state index < -0.39 is 23.6 Å². The number of ether oxygens (including phenoxy) is 2. The Balaban J connectivity index is 2.51. The molecule has 0 saturated carbocycles. The molecule has 152 valence electrons. The molecule has 2 amide bonds. The van der Waals surface area contributed by atoms with Gasteiger partial charge in [-0.25, -0.2) is 9.59 Å². The van der Waals surface area contributed by atoms with Crippen molar-refractivity contribution in [2.45, 2.75) is 39.2 Å². The van der Waals surface area contributed by atoms with Crippen molar-refractivity contribution < 1.29 is 23.9 Å². The number of hydrogen-bond donors (Lipinski definition) is 2. The molecular formula is C18H25N5O5. The summed E-state index contributed by atoms with van der Waals surface area (Å²) in [4.78, 5) is 38.1. The summed E-state index contributed by atoms with van der Waals surface area (Å²) >= 11 is 0. The molecule has 28 heavy (non-hydrogen) atoms. The fourth-order valence-corrected chi connectivity index (χ4v) is 2.15. The normalized spacial score (nSPS) is 10.4. The molecule has 2 N–H and O–H groups in total. The number of unbranched alkanes of at least 4 members (excludes halogenated alkanes) is 1. The van der Waals surface area contributed by atoms with Crippen molar-refractivity contribution in [1.29, 1.82) is 0 Å². The van der Waals surface area contributed by atoms with Crippen LogP contribution in [0.25, 0.3) is 10.4 Å². The molecule has 0 fully saturated rings. The maximum atomic E-state index is 12.3. The van der Waals surface area contributed by atoms with Gasteiger partial charge >= 0.3 is 12.1 Å². The molecule has 0 unspecified atom stereocenters. The standard InChI is InChI=1S/C18H25N5O5/c1-18(2,3)28-17(26)21-8-6-5-7-20-15(24)12-9-13(16(25)27-4)11-14(10-12)22-23-19/h9-11H,5-8H2,1-4H3,(H,20,24)(H,21,26). The number of methoxy groups -OCH3 is 1. The van der Waals surface area contributed by atoms with E-state index in [0.717, 1.165) is 0 Å². The Bertz CT molecular complexity index is 766. The minimum absolute atomic E-state index is 0.110. The number of nitrogens with one attached hydrogen (secondary N) is 2. The van der Waals surface area contributed by atoms with Gasteiger partial charge in [-0.05, 0) is 57.3 Å². The SMILES string of the molecule is COC(=O)c1cc(N=[N+]=[N-])cc(C(=O)NCCCCNC(=O)OC(C)(C)C)c1. The summed E-state index contributed by atoms with van der Waals surface area (Å²) < 4.78 is 9.75. The van der Waals surface area contributed by atoms with Crippen LogP contribution < -0.4 is 10.6 Å². The van der Waals surface area contributed by atoms with Crippen LogP contribution >= 0.6 is 0 Å². The lowest BCUT2D eigenvalue weighted by Crippen LogP contribution is -2.33. The van der Waals surface area contributed by atoms with E-state index >= 15 is 0 Å². The molecule has 10 nitrogen and oxygen atoms in total. The van der Waals surface area contributed by atoms with E-state index in [0.29, 0.717) is 25.9 Å². The Morgan fingerprint density at radius 3 is 2.25 bits per heavy atom. The van der Waals surface area contributed by atoms with Gasteiger partial charge in [0.05, 0.1) is 12.7 Å². The summed E-state index contributed by atoms with van der Waals surface area (Å²) in [6, 6.07) is 4.08. The fourth-order valence-electron chi connectivity index (χ4n) is 2.15. The second kappa shape index (κ2) is 10.8. The number of amides is 2. The van der Waals surface area contributed by atoms with E-state index in [4.69, 9.17) is 10.3 Å². The molecule has 0 bridgehead atoms. The van der Waals surface area contributed by atoms with Crippen LogP contribution in [0.1, 0.15) is 54.3 Å². The van der Waals surface area contributed by atoms with Crippen molar-refractivity contribution in [2.24, 2.45) is 5.11 Å². The minimum Gasteiger partial charge on any atom is -0.465 e. The topological polar surface area (TPSA) is 142 Å². The molecule has 0 aliphatic rings. The number of alkyl carbamates (subject to hydrolysis) is 1. The molecule has 0 aromatic heterocycles. The van der Waals surface area contributed by atoms with E-state index in [1.807, 2.05) is 0 Å². The first-order chi connectivity index (χ1) is 13.2. The van der Waals surface area contributed by atoms with Crippen molar-refractivity contribution in [3.8, 4) is 0 Å². The summed E-state index contributed by atoms with van der Waals surface area (Å²) in [5.41, 5.74) is 8.44. The monoisotopic (exact) mass is 391 g/mol. The third-order valence-corrected chi connectivity index (χ3v) is 3.32. The lowest BCUT2D eigenvalue weighted by atomic mass is 10.1. The van der Waals surface area contributed by atoms with Gasteiger partial charge in [-0.2, -0.15) is 0 Å². The minimum atomic E-state index is -0.641. The average molecular weight is 391 g/mol. The molecule has 0 radical (unpaired) electrons. The number of hydrogen-bond acceptors (Lipinski definition) is 6. The van der Waals surface area contributed by atoms with Gasteiger partial charge in [0.2, 0.25) is 0 Å². The molecule has 0 spiro atoms. The highest BCUT2D eigenvalue weighted by atomic mass is 16.6. The predicted octanol–water partition coefficient (Wildman–Crippen LogP) is 3.45. The quantitative estimate of drug-likeness (QED) is 0.229. The Hall–Kier alpha value is -3.26. The number of carbonyl (C=O) groups is 3. The van der Waals surface area contributed by atoms with Gasteiger partial charge in [-0.1, -0.05) is 5.11 Å². The zero-order chi connectivity index (χ0) is 21.2. The summed E-state index contributed by atoms with van der Waals surface area (Å²) in [6.45, 7) is 6.14. The van der Waals surface area contributed by atoms with Crippen LogP contribution in [0.15, 0.2) is 23.3 Å². The number of esters is 1. The highest BCUT2D eigenvalue weighted by Crippen LogP contribution is 2.19. The van der Waals surface area contributed by atoms with Crippen molar-refractivity contribution in [3.05, 3.63) is 39.8 Å². The molecule has 10 heteroatoms. The van der Waals surface area contributed by atoms with Crippen LogP contribution in [-0.2, 0) is 9.47 Å². The van der Waals surface area contributed by atoms with Gasteiger partial charge in [0, 0.05) is 29.3 Å². The first-order valence-electron chi connectivity index (χ1n) is 8.70. The second-order valence-corrected chi connectivity index (χ2v) is 6.84. The maximum absolute atomic E-state index is 12.3. The van der Waals surface area contributed by atoms with Gasteiger partial charge in [0.15, 0.2) is 0 Å². The summed E-state index contributed by atoms with van der Waals surface area (Å²) in [5, 5.41) is 8.77. The molecule has 0 aliphatic heterocycles. The zero-order valence-electron chi connectivity index (χ0n) is 16.4. The summed E-state index contributed by atoms with van der Waals surface area (Å²) in [6.07, 6.45) is 0.786. The lowest BCUT2D eigenvalue weighted by molar-refractivity contribution is 0.0525. The number of carbonyl (C=O) groups excluding carboxylic acids is 3. The van der Waals surface area contributed by atoms with Crippen LogP contribution in [0.3, 0.4) is 0 Å². The van der Waals surface area contributed by atoms with E-state index in [-0.39, 0.29) is 16.8 Å². The Labute approximate surface area is 163 Å². The number of nitrogens with zero attached hydrogens (tertiary/aromatic N) is 3. The van der Waals surface area contributed by atoms with Crippen LogP contribution in [0.4, 0.5) is 10.5 Å². The van der Waals surface area contributed by atoms with Gasteiger partial charge in [-0.3, -0.25) is 4.79 Å². The molecule has 0 aliphatic carbocycles. The van der Waals surface area contributed by atoms with E-state index in [9.17, 15) is 14.4 Å². The molecule has 0 heterocycles. The van der Waals surface area contributed by atoms with Crippen LogP contribution in [-0.4, -0.2) is 43.8 Å². The molecule has 1 aromatic rings. The van der Waals surface area contributed by atoms with Gasteiger partial charge < -0.3 is 20.1 Å². The third-order valence-electron chi connectivity index (χ3n) is 3.32. The smallest absolute Gasteiger partial charge is 0.407 e. The van der Waals surface area contributed by atoms with Crippen molar-refractivity contribution in [3.63, 3.8) is 0 Å². The average Bonchev–Trinajstić information content (AvgIpc) is 2.62. The van der Waals surface area contributed by atoms with Crippen LogP contribution in [0.5, 0.6) is 0 Å². The van der Waals surface area contributed by atoms with Gasteiger partial charge in [-0.15, -0.1) is 0 Å². The first kappa shape index (κ1) is 22.8. The zero-order valence-corrected chi connectivity index (χ0v) is 16.4. The van der Waals surface area contributed by atoms with Crippen LogP contribution in [0, 0.1) is 0 Å². The highest BCUT2D eigenvalue weighted by Gasteiger charge is 2.15. The highest BCUT2D eigenvalue weighted by molar-refractivity contribution is 5.99. The van der Waals surface area contributed by atoms with Gasteiger partial charge in [0.25, 0.3) is 5.91 Å². The second-order valence-electron chi connectivity index (χ2n) is 6.84. The van der Waals surface area contributed by atoms with Crippen molar-refractivity contribution in [2.75, 3.05) is 20.2 Å². The Kier molecular flexibility index (Phi) is 8.77. The van der Waals surface area contributed by atoms with Crippen molar-refractivity contribution in [1.82, 2.24) is 10.6 Å². The van der Waals surface area contributed by atoms with E-state index in [1.54, 1.807) is 20.8 Å². The molecule has 0 atom stereocenters. The maximum Gasteiger partial charge on any atom is 0.407 e.